The predicted octanol–water partition coefficient (Wildman–Crippen LogP) is 5.21. The maximum absolute atomic E-state index is 12.9. The second-order valence-electron chi connectivity index (χ2n) is 7.90. The van der Waals surface area contributed by atoms with Crippen LogP contribution in [0.3, 0.4) is 0 Å². The minimum atomic E-state index is -4.54. The quantitative estimate of drug-likeness (QED) is 0.634. The van der Waals surface area contributed by atoms with Crippen LogP contribution in [-0.2, 0) is 11.0 Å². The van der Waals surface area contributed by atoms with E-state index in [9.17, 15) is 31.1 Å². The fourth-order valence-corrected chi connectivity index (χ4v) is 4.39. The highest BCUT2D eigenvalue weighted by atomic mass is 35.5. The maximum atomic E-state index is 12.9. The Labute approximate surface area is 175 Å². The van der Waals surface area contributed by atoms with Crippen LogP contribution in [-0.4, -0.2) is 36.2 Å². The van der Waals surface area contributed by atoms with Crippen molar-refractivity contribution in [3.63, 3.8) is 0 Å². The molecule has 1 aromatic heterocycles. The molecule has 2 fully saturated rings. The van der Waals surface area contributed by atoms with Crippen molar-refractivity contribution in [3.05, 3.63) is 22.8 Å². The molecule has 1 N–H and O–H groups in total. The van der Waals surface area contributed by atoms with Crippen molar-refractivity contribution in [2.45, 2.75) is 56.9 Å². The Hall–Kier alpha value is -1.71. The van der Waals surface area contributed by atoms with Crippen molar-refractivity contribution in [2.75, 3.05) is 18.0 Å². The number of nitrogens with zero attached hydrogens (tertiary/aromatic N) is 2. The Kier molecular flexibility index (Phi) is 6.74. The number of hydrogen-bond donors (Lipinski definition) is 1. The van der Waals surface area contributed by atoms with Crippen LogP contribution in [0, 0.1) is 11.8 Å². The molecule has 2 atom stereocenters. The minimum absolute atomic E-state index is 0.0924. The number of nitrogens with one attached hydrogen (secondary N) is 1. The Morgan fingerprint density at radius 1 is 1.10 bits per heavy atom. The van der Waals surface area contributed by atoms with E-state index in [1.165, 1.54) is 0 Å². The largest absolute Gasteiger partial charge is 0.417 e. The van der Waals surface area contributed by atoms with E-state index in [-0.39, 0.29) is 35.5 Å². The van der Waals surface area contributed by atoms with Gasteiger partial charge < -0.3 is 10.2 Å². The van der Waals surface area contributed by atoms with Gasteiger partial charge in [-0.15, -0.1) is 0 Å². The number of carbonyl (C=O) groups excluding carboxylic acids is 1. The van der Waals surface area contributed by atoms with Gasteiger partial charge in [0.25, 0.3) is 0 Å². The molecule has 2 heterocycles. The van der Waals surface area contributed by atoms with E-state index in [0.29, 0.717) is 38.8 Å². The molecule has 4 nitrogen and oxygen atoms in total. The number of rotatable bonds is 3. The highest BCUT2D eigenvalue weighted by molar-refractivity contribution is 6.33. The lowest BCUT2D eigenvalue weighted by molar-refractivity contribution is -0.184. The molecule has 0 bridgehead atoms. The zero-order valence-corrected chi connectivity index (χ0v) is 16.7. The van der Waals surface area contributed by atoms with Crippen LogP contribution < -0.4 is 10.2 Å². The lowest BCUT2D eigenvalue weighted by atomic mass is 9.84. The molecular weight excluding hydrogens is 436 g/mol. The highest BCUT2D eigenvalue weighted by Crippen LogP contribution is 2.38. The number of hydrogen-bond acceptors (Lipinski definition) is 3. The SMILES string of the molecule is O=C(NC1CCCC(C(F)(F)F)C1)C1CCN(c2ncc(C(F)(F)F)cc2Cl)CC1. The van der Waals surface area contributed by atoms with Gasteiger partial charge in [0, 0.05) is 31.2 Å². The number of carbonyl (C=O) groups is 1. The van der Waals surface area contributed by atoms with Gasteiger partial charge in [-0.25, -0.2) is 4.98 Å². The predicted molar refractivity (Wildman–Crippen MR) is 99.1 cm³/mol. The molecule has 0 radical (unpaired) electrons. The number of pyridine rings is 1. The first-order valence-corrected chi connectivity index (χ1v) is 10.2. The lowest BCUT2D eigenvalue weighted by Gasteiger charge is -2.35. The molecule has 1 saturated heterocycles. The molecule has 2 unspecified atom stereocenters. The van der Waals surface area contributed by atoms with Gasteiger partial charge in [0.1, 0.15) is 5.82 Å². The summed E-state index contributed by atoms with van der Waals surface area (Å²) in [5, 5.41) is 2.64. The number of amides is 1. The van der Waals surface area contributed by atoms with E-state index in [1.807, 2.05) is 0 Å². The lowest BCUT2D eigenvalue weighted by Crippen LogP contribution is -2.46. The molecule has 168 valence electrons. The molecule has 1 aliphatic heterocycles. The smallest absolute Gasteiger partial charge is 0.355 e. The molecule has 1 aliphatic carbocycles. The zero-order valence-electron chi connectivity index (χ0n) is 16.0. The molecule has 11 heteroatoms. The average molecular weight is 458 g/mol. The molecule has 0 spiro atoms. The number of anilines is 1. The number of piperidine rings is 1. The normalized spacial score (nSPS) is 24.0. The van der Waals surface area contributed by atoms with Crippen LogP contribution in [0.5, 0.6) is 0 Å². The molecule has 1 amide bonds. The van der Waals surface area contributed by atoms with Crippen molar-refractivity contribution in [1.29, 1.82) is 0 Å². The molecular formula is C19H22ClF6N3O. The summed E-state index contributed by atoms with van der Waals surface area (Å²) in [4.78, 5) is 18.1. The second-order valence-corrected chi connectivity index (χ2v) is 8.31. The third-order valence-electron chi connectivity index (χ3n) is 5.80. The molecule has 0 aromatic carbocycles. The van der Waals surface area contributed by atoms with Crippen LogP contribution in [0.15, 0.2) is 12.3 Å². The Morgan fingerprint density at radius 3 is 2.33 bits per heavy atom. The topological polar surface area (TPSA) is 45.2 Å². The van der Waals surface area contributed by atoms with Gasteiger partial charge in [0.15, 0.2) is 0 Å². The van der Waals surface area contributed by atoms with E-state index in [4.69, 9.17) is 11.6 Å². The third kappa shape index (κ3) is 5.50. The minimum Gasteiger partial charge on any atom is -0.355 e. The van der Waals surface area contributed by atoms with E-state index in [2.05, 4.69) is 10.3 Å². The first-order valence-electron chi connectivity index (χ1n) is 9.80. The van der Waals surface area contributed by atoms with Crippen LogP contribution in [0.4, 0.5) is 32.2 Å². The molecule has 1 aromatic rings. The summed E-state index contributed by atoms with van der Waals surface area (Å²) in [5.74, 6) is -1.79. The summed E-state index contributed by atoms with van der Waals surface area (Å²) < 4.78 is 77.0. The van der Waals surface area contributed by atoms with Crippen LogP contribution >= 0.6 is 11.6 Å². The van der Waals surface area contributed by atoms with E-state index >= 15 is 0 Å². The third-order valence-corrected chi connectivity index (χ3v) is 6.08. The number of aromatic nitrogens is 1. The van der Waals surface area contributed by atoms with Crippen LogP contribution in [0.25, 0.3) is 0 Å². The second kappa shape index (κ2) is 8.80. The van der Waals surface area contributed by atoms with E-state index in [0.717, 1.165) is 12.3 Å². The fourth-order valence-electron chi connectivity index (χ4n) is 4.11. The Bertz CT molecular complexity index is 762. The molecule has 2 aliphatic rings. The maximum Gasteiger partial charge on any atom is 0.417 e. The van der Waals surface area contributed by atoms with E-state index < -0.39 is 29.9 Å². The Morgan fingerprint density at radius 2 is 1.77 bits per heavy atom. The Balaban J connectivity index is 1.53. The van der Waals surface area contributed by atoms with Gasteiger partial charge in [-0.2, -0.15) is 26.3 Å². The van der Waals surface area contributed by atoms with Crippen molar-refractivity contribution < 1.29 is 31.1 Å². The van der Waals surface area contributed by atoms with Gasteiger partial charge in [-0.3, -0.25) is 4.79 Å². The van der Waals surface area contributed by atoms with Crippen LogP contribution in [0.2, 0.25) is 5.02 Å². The monoisotopic (exact) mass is 457 g/mol. The summed E-state index contributed by atoms with van der Waals surface area (Å²) in [6.45, 7) is 0.734. The fraction of sp³-hybridized carbons (Fsp3) is 0.684. The average Bonchev–Trinajstić information content (AvgIpc) is 2.67. The van der Waals surface area contributed by atoms with Crippen molar-refractivity contribution in [3.8, 4) is 0 Å². The first kappa shape index (κ1) is 23.0. The number of alkyl halides is 6. The van der Waals surface area contributed by atoms with Crippen LogP contribution in [0.1, 0.15) is 44.1 Å². The van der Waals surface area contributed by atoms with Gasteiger partial charge in [0.05, 0.1) is 16.5 Å². The molecule has 3 rings (SSSR count). The zero-order chi connectivity index (χ0) is 22.1. The summed E-state index contributed by atoms with van der Waals surface area (Å²) in [5.41, 5.74) is -0.935. The summed E-state index contributed by atoms with van der Waals surface area (Å²) >= 11 is 5.97. The van der Waals surface area contributed by atoms with Gasteiger partial charge in [-0.05, 0) is 38.2 Å². The van der Waals surface area contributed by atoms with Gasteiger partial charge in [0.2, 0.25) is 5.91 Å². The van der Waals surface area contributed by atoms with Gasteiger partial charge >= 0.3 is 12.4 Å². The highest BCUT2D eigenvalue weighted by Gasteiger charge is 2.42. The van der Waals surface area contributed by atoms with Gasteiger partial charge in [-0.1, -0.05) is 18.0 Å². The molecule has 30 heavy (non-hydrogen) atoms. The van der Waals surface area contributed by atoms with Crippen molar-refractivity contribution in [1.82, 2.24) is 10.3 Å². The van der Waals surface area contributed by atoms with Crippen molar-refractivity contribution in [2.24, 2.45) is 11.8 Å². The molecule has 1 saturated carbocycles. The first-order chi connectivity index (χ1) is 13.9. The summed E-state index contributed by atoms with van der Waals surface area (Å²) in [7, 11) is 0. The number of halogens is 7. The van der Waals surface area contributed by atoms with Crippen molar-refractivity contribution >= 4 is 23.3 Å². The summed E-state index contributed by atoms with van der Waals surface area (Å²) in [6.07, 6.45) is -6.28. The van der Waals surface area contributed by atoms with E-state index in [1.54, 1.807) is 4.90 Å². The standard InChI is InChI=1S/C19H22ClF6N3O/c20-15-9-13(19(24,25)26)10-27-16(15)29-6-4-11(5-7-29)17(30)28-14-3-1-2-12(8-14)18(21,22)23/h9-12,14H,1-8H2,(H,28,30). The summed E-state index contributed by atoms with van der Waals surface area (Å²) in [6, 6.07) is 0.338.